The predicted molar refractivity (Wildman–Crippen MR) is 71.9 cm³/mol. The molecule has 0 aromatic carbocycles. The van der Waals surface area contributed by atoms with Crippen molar-refractivity contribution in [3.8, 4) is 0 Å². The number of ether oxygens (including phenoxy) is 1. The Morgan fingerprint density at radius 3 is 2.11 bits per heavy atom. The molecule has 1 saturated heterocycles. The van der Waals surface area contributed by atoms with Crippen molar-refractivity contribution in [1.29, 1.82) is 0 Å². The summed E-state index contributed by atoms with van der Waals surface area (Å²) >= 11 is 0. The molecule has 5 heteroatoms. The van der Waals surface area contributed by atoms with E-state index < -0.39 is 22.4 Å². The highest BCUT2D eigenvalue weighted by Crippen LogP contribution is 2.46. The normalized spacial score (nSPS) is 26.9. The van der Waals surface area contributed by atoms with Crippen LogP contribution in [0.4, 0.5) is 4.79 Å². The van der Waals surface area contributed by atoms with Gasteiger partial charge in [0, 0.05) is 13.1 Å². The lowest BCUT2D eigenvalue weighted by Crippen LogP contribution is -2.56. The van der Waals surface area contributed by atoms with Crippen molar-refractivity contribution in [3.63, 3.8) is 0 Å². The van der Waals surface area contributed by atoms with Gasteiger partial charge in [-0.2, -0.15) is 0 Å². The van der Waals surface area contributed by atoms with Crippen molar-refractivity contribution in [2.24, 2.45) is 10.8 Å². The molecule has 0 aromatic heterocycles. The Morgan fingerprint density at radius 2 is 1.74 bits per heavy atom. The lowest BCUT2D eigenvalue weighted by Gasteiger charge is -2.48. The van der Waals surface area contributed by atoms with E-state index in [4.69, 9.17) is 4.74 Å². The van der Waals surface area contributed by atoms with Crippen molar-refractivity contribution in [2.75, 3.05) is 13.1 Å². The Morgan fingerprint density at radius 1 is 1.21 bits per heavy atom. The number of carbonyl (C=O) groups excluding carboxylic acids is 1. The standard InChI is InChI=1S/C14H25NO4/c1-12(2,3)19-11(18)15-8-7-14(6,10(16)17)13(4,5)9-15/h7-9H2,1-6H3,(H,16,17). The topological polar surface area (TPSA) is 66.8 Å². The molecular weight excluding hydrogens is 246 g/mol. The number of aliphatic carboxylic acids is 1. The second kappa shape index (κ2) is 4.69. The van der Waals surface area contributed by atoms with E-state index in [1.165, 1.54) is 0 Å². The Bertz CT molecular complexity index is 383. The SMILES string of the molecule is CC(C)(C)OC(=O)N1CCC(C)(C(=O)O)C(C)(C)C1. The largest absolute Gasteiger partial charge is 0.481 e. The zero-order valence-corrected chi connectivity index (χ0v) is 12.7. The van der Waals surface area contributed by atoms with Crippen LogP contribution in [-0.2, 0) is 9.53 Å². The lowest BCUT2D eigenvalue weighted by molar-refractivity contribution is -0.161. The number of hydrogen-bond acceptors (Lipinski definition) is 3. The second-order valence-corrected chi connectivity index (χ2v) is 7.17. The zero-order chi connectivity index (χ0) is 15.1. The van der Waals surface area contributed by atoms with Crippen LogP contribution >= 0.6 is 0 Å². The molecule has 1 N–H and O–H groups in total. The molecular formula is C14H25NO4. The summed E-state index contributed by atoms with van der Waals surface area (Å²) < 4.78 is 5.34. The van der Waals surface area contributed by atoms with Crippen molar-refractivity contribution < 1.29 is 19.4 Å². The molecule has 0 bridgehead atoms. The molecule has 0 aromatic rings. The highest BCUT2D eigenvalue weighted by molar-refractivity contribution is 5.76. The fourth-order valence-electron chi connectivity index (χ4n) is 2.31. The third kappa shape index (κ3) is 3.19. The van der Waals surface area contributed by atoms with Gasteiger partial charge >= 0.3 is 12.1 Å². The van der Waals surface area contributed by atoms with E-state index in [1.807, 2.05) is 34.6 Å². The first-order valence-electron chi connectivity index (χ1n) is 6.60. The molecule has 1 atom stereocenters. The van der Waals surface area contributed by atoms with Crippen LogP contribution in [0, 0.1) is 10.8 Å². The van der Waals surface area contributed by atoms with Crippen molar-refractivity contribution in [2.45, 2.75) is 53.6 Å². The number of amides is 1. The van der Waals surface area contributed by atoms with Gasteiger partial charge in [0.2, 0.25) is 0 Å². The summed E-state index contributed by atoms with van der Waals surface area (Å²) in [6, 6.07) is 0. The Hall–Kier alpha value is -1.26. The van der Waals surface area contributed by atoms with Crippen LogP contribution in [-0.4, -0.2) is 40.8 Å². The number of nitrogens with zero attached hydrogens (tertiary/aromatic N) is 1. The van der Waals surface area contributed by atoms with Gasteiger partial charge in [0.05, 0.1) is 5.41 Å². The van der Waals surface area contributed by atoms with Crippen LogP contribution in [0.15, 0.2) is 0 Å². The minimum Gasteiger partial charge on any atom is -0.481 e. The number of likely N-dealkylation sites (tertiary alicyclic amines) is 1. The summed E-state index contributed by atoms with van der Waals surface area (Å²) in [5, 5.41) is 9.41. The van der Waals surface area contributed by atoms with E-state index in [1.54, 1.807) is 11.8 Å². The molecule has 0 radical (unpaired) electrons. The van der Waals surface area contributed by atoms with Crippen LogP contribution in [0.25, 0.3) is 0 Å². The van der Waals surface area contributed by atoms with Crippen LogP contribution < -0.4 is 0 Å². The van der Waals surface area contributed by atoms with Crippen molar-refractivity contribution in [1.82, 2.24) is 4.90 Å². The molecule has 1 rings (SSSR count). The molecule has 1 heterocycles. The van der Waals surface area contributed by atoms with Gasteiger partial charge in [0.15, 0.2) is 0 Å². The molecule has 1 amide bonds. The lowest BCUT2D eigenvalue weighted by atomic mass is 9.62. The number of rotatable bonds is 1. The fraction of sp³-hybridized carbons (Fsp3) is 0.857. The molecule has 1 aliphatic rings. The maximum atomic E-state index is 12.0. The van der Waals surface area contributed by atoms with E-state index in [-0.39, 0.29) is 6.09 Å². The maximum Gasteiger partial charge on any atom is 0.410 e. The van der Waals surface area contributed by atoms with Crippen LogP contribution in [0.3, 0.4) is 0 Å². The molecule has 0 saturated carbocycles. The van der Waals surface area contributed by atoms with Gasteiger partial charge in [-0.1, -0.05) is 13.8 Å². The number of hydrogen-bond donors (Lipinski definition) is 1. The zero-order valence-electron chi connectivity index (χ0n) is 12.7. The highest BCUT2D eigenvalue weighted by atomic mass is 16.6. The molecule has 1 fully saturated rings. The van der Waals surface area contributed by atoms with Gasteiger partial charge in [0.25, 0.3) is 0 Å². The highest BCUT2D eigenvalue weighted by Gasteiger charge is 2.51. The van der Waals surface area contributed by atoms with Gasteiger partial charge in [-0.05, 0) is 39.5 Å². The van der Waals surface area contributed by atoms with Gasteiger partial charge < -0.3 is 14.7 Å². The Labute approximate surface area is 114 Å². The summed E-state index contributed by atoms with van der Waals surface area (Å²) in [5.74, 6) is -0.804. The van der Waals surface area contributed by atoms with E-state index >= 15 is 0 Å². The van der Waals surface area contributed by atoms with Crippen molar-refractivity contribution >= 4 is 12.1 Å². The number of carboxylic acids is 1. The van der Waals surface area contributed by atoms with Gasteiger partial charge in [0.1, 0.15) is 5.60 Å². The molecule has 1 unspecified atom stereocenters. The first-order chi connectivity index (χ1) is 8.39. The van der Waals surface area contributed by atoms with E-state index in [0.717, 1.165) is 0 Å². The molecule has 110 valence electrons. The summed E-state index contributed by atoms with van der Waals surface area (Å²) in [7, 11) is 0. The average Bonchev–Trinajstić information content (AvgIpc) is 2.19. The summed E-state index contributed by atoms with van der Waals surface area (Å²) in [4.78, 5) is 25.1. The van der Waals surface area contributed by atoms with Crippen LogP contribution in [0.1, 0.15) is 48.0 Å². The number of carboxylic acid groups (broad SMARTS) is 1. The minimum absolute atomic E-state index is 0.368. The number of piperidine rings is 1. The first-order valence-corrected chi connectivity index (χ1v) is 6.60. The van der Waals surface area contributed by atoms with Crippen molar-refractivity contribution in [3.05, 3.63) is 0 Å². The molecule has 5 nitrogen and oxygen atoms in total. The predicted octanol–water partition coefficient (Wildman–Crippen LogP) is 2.74. The fourth-order valence-corrected chi connectivity index (χ4v) is 2.31. The quantitative estimate of drug-likeness (QED) is 0.796. The molecule has 1 aliphatic heterocycles. The van der Waals surface area contributed by atoms with Gasteiger partial charge in [-0.3, -0.25) is 4.79 Å². The van der Waals surface area contributed by atoms with E-state index in [2.05, 4.69) is 0 Å². The third-order valence-corrected chi connectivity index (χ3v) is 4.09. The second-order valence-electron chi connectivity index (χ2n) is 7.17. The third-order valence-electron chi connectivity index (χ3n) is 4.09. The first kappa shape index (κ1) is 15.8. The smallest absolute Gasteiger partial charge is 0.410 e. The summed E-state index contributed by atoms with van der Waals surface area (Å²) in [6.07, 6.45) is 0.0715. The molecule has 19 heavy (non-hydrogen) atoms. The molecule has 0 spiro atoms. The average molecular weight is 271 g/mol. The van der Waals surface area contributed by atoms with Crippen LogP contribution in [0.2, 0.25) is 0 Å². The van der Waals surface area contributed by atoms with Crippen LogP contribution in [0.5, 0.6) is 0 Å². The molecule has 0 aliphatic carbocycles. The van der Waals surface area contributed by atoms with Gasteiger partial charge in [-0.15, -0.1) is 0 Å². The minimum atomic E-state index is -0.814. The summed E-state index contributed by atoms with van der Waals surface area (Å²) in [5.41, 5.74) is -1.84. The summed E-state index contributed by atoms with van der Waals surface area (Å²) in [6.45, 7) is 11.8. The number of carbonyl (C=O) groups is 2. The van der Waals surface area contributed by atoms with E-state index in [0.29, 0.717) is 19.5 Å². The Balaban J connectivity index is 2.82. The van der Waals surface area contributed by atoms with E-state index in [9.17, 15) is 14.7 Å². The van der Waals surface area contributed by atoms with Gasteiger partial charge in [-0.25, -0.2) is 4.79 Å². The maximum absolute atomic E-state index is 12.0. The Kier molecular flexibility index (Phi) is 3.90. The monoisotopic (exact) mass is 271 g/mol.